The number of nitrogen functional groups attached to an aromatic ring is 1. The highest BCUT2D eigenvalue weighted by Crippen LogP contribution is 2.21. The second-order valence-electron chi connectivity index (χ2n) is 3.39. The van der Waals surface area contributed by atoms with E-state index in [0.717, 1.165) is 17.4 Å². The van der Waals surface area contributed by atoms with Crippen LogP contribution in [-0.2, 0) is 0 Å². The van der Waals surface area contributed by atoms with E-state index in [1.165, 1.54) is 0 Å². The first-order chi connectivity index (χ1) is 7.09. The summed E-state index contributed by atoms with van der Waals surface area (Å²) in [6, 6.07) is 0. The summed E-state index contributed by atoms with van der Waals surface area (Å²) >= 11 is 3.30. The zero-order valence-corrected chi connectivity index (χ0v) is 10.5. The molecule has 0 aliphatic heterocycles. The van der Waals surface area contributed by atoms with Crippen molar-refractivity contribution < 1.29 is 4.74 Å². The first kappa shape index (κ1) is 12.2. The van der Waals surface area contributed by atoms with Crippen molar-refractivity contribution in [3.05, 3.63) is 10.7 Å². The van der Waals surface area contributed by atoms with Crippen molar-refractivity contribution in [2.24, 2.45) is 0 Å². The number of halogens is 1. The van der Waals surface area contributed by atoms with E-state index in [2.05, 4.69) is 30.8 Å². The highest BCUT2D eigenvalue weighted by Gasteiger charge is 2.04. The third kappa shape index (κ3) is 4.44. The summed E-state index contributed by atoms with van der Waals surface area (Å²) in [5.41, 5.74) is 5.45. The normalized spacial score (nSPS) is 10.7. The molecule has 0 aliphatic rings. The van der Waals surface area contributed by atoms with Crippen LogP contribution in [0, 0.1) is 0 Å². The number of aromatic nitrogens is 2. The fourth-order valence-electron chi connectivity index (χ4n) is 1.02. The molecule has 0 radical (unpaired) electrons. The van der Waals surface area contributed by atoms with Gasteiger partial charge in [-0.15, -0.1) is 0 Å². The molecule has 1 heterocycles. The van der Waals surface area contributed by atoms with Gasteiger partial charge in [0.2, 0.25) is 11.8 Å². The molecule has 0 aromatic carbocycles. The molecule has 1 aromatic rings. The van der Waals surface area contributed by atoms with E-state index in [0.29, 0.717) is 12.5 Å². The number of rotatable bonds is 5. The Morgan fingerprint density at radius 2 is 2.27 bits per heavy atom. The summed E-state index contributed by atoms with van der Waals surface area (Å²) in [5.74, 6) is 0.724. The molecule has 6 heteroatoms. The van der Waals surface area contributed by atoms with Gasteiger partial charge in [-0.3, -0.25) is 0 Å². The molecule has 1 aromatic heterocycles. The first-order valence-corrected chi connectivity index (χ1v) is 5.44. The predicted octanol–water partition coefficient (Wildman–Crippen LogP) is 1.15. The van der Waals surface area contributed by atoms with Gasteiger partial charge in [0.25, 0.3) is 0 Å². The van der Waals surface area contributed by atoms with Gasteiger partial charge < -0.3 is 15.4 Å². The highest BCUT2D eigenvalue weighted by atomic mass is 79.9. The molecule has 84 valence electrons. The molecular formula is C9H15BrN4O. The lowest BCUT2D eigenvalue weighted by molar-refractivity contribution is 0.271. The lowest BCUT2D eigenvalue weighted by Gasteiger charge is -2.10. The second-order valence-corrected chi connectivity index (χ2v) is 4.24. The lowest BCUT2D eigenvalue weighted by atomic mass is 10.4. The number of hydrogen-bond acceptors (Lipinski definition) is 5. The van der Waals surface area contributed by atoms with Crippen molar-refractivity contribution in [1.29, 1.82) is 0 Å². The molecule has 0 saturated carbocycles. The van der Waals surface area contributed by atoms with Crippen LogP contribution >= 0.6 is 15.9 Å². The topological polar surface area (TPSA) is 64.3 Å². The summed E-state index contributed by atoms with van der Waals surface area (Å²) in [7, 11) is 4.05. The van der Waals surface area contributed by atoms with Gasteiger partial charge in [-0.2, -0.15) is 4.98 Å². The fraction of sp³-hybridized carbons (Fsp3) is 0.556. The van der Waals surface area contributed by atoms with E-state index in [1.54, 1.807) is 6.20 Å². The molecule has 2 N–H and O–H groups in total. The average molecular weight is 275 g/mol. The third-order valence-corrected chi connectivity index (χ3v) is 2.26. The Balaban J connectivity index is 2.40. The smallest absolute Gasteiger partial charge is 0.232 e. The summed E-state index contributed by atoms with van der Waals surface area (Å²) in [4.78, 5) is 9.90. The quantitative estimate of drug-likeness (QED) is 0.817. The Bertz CT molecular complexity index is 319. The zero-order chi connectivity index (χ0) is 11.3. The number of nitrogens with two attached hydrogens (primary N) is 1. The second kappa shape index (κ2) is 5.87. The van der Waals surface area contributed by atoms with Crippen molar-refractivity contribution in [3.8, 4) is 5.88 Å². The first-order valence-electron chi connectivity index (χ1n) is 4.65. The van der Waals surface area contributed by atoms with E-state index < -0.39 is 0 Å². The summed E-state index contributed by atoms with van der Waals surface area (Å²) in [5, 5.41) is 0. The van der Waals surface area contributed by atoms with Crippen LogP contribution in [0.25, 0.3) is 0 Å². The highest BCUT2D eigenvalue weighted by molar-refractivity contribution is 9.10. The molecule has 0 aliphatic carbocycles. The van der Waals surface area contributed by atoms with Gasteiger partial charge >= 0.3 is 0 Å². The van der Waals surface area contributed by atoms with Gasteiger partial charge in [0, 0.05) is 6.54 Å². The zero-order valence-electron chi connectivity index (χ0n) is 8.90. The van der Waals surface area contributed by atoms with Crippen LogP contribution in [0.3, 0.4) is 0 Å². The molecule has 0 bridgehead atoms. The third-order valence-electron chi connectivity index (χ3n) is 1.72. The van der Waals surface area contributed by atoms with Crippen molar-refractivity contribution >= 4 is 21.9 Å². The standard InChI is InChI=1S/C9H15BrN4O/c1-14(2)4-3-5-15-8-7(10)6-12-9(11)13-8/h6H,3-5H2,1-2H3,(H2,11,12,13). The van der Waals surface area contributed by atoms with Crippen LogP contribution in [-0.4, -0.2) is 42.1 Å². The Morgan fingerprint density at radius 1 is 1.53 bits per heavy atom. The van der Waals surface area contributed by atoms with Crippen LogP contribution in [0.4, 0.5) is 5.95 Å². The van der Waals surface area contributed by atoms with Gasteiger partial charge in [-0.25, -0.2) is 4.98 Å². The van der Waals surface area contributed by atoms with Crippen LogP contribution in [0.1, 0.15) is 6.42 Å². The van der Waals surface area contributed by atoms with Gasteiger partial charge in [0.15, 0.2) is 0 Å². The molecular weight excluding hydrogens is 260 g/mol. The van der Waals surface area contributed by atoms with Crippen LogP contribution < -0.4 is 10.5 Å². The van der Waals surface area contributed by atoms with Crippen LogP contribution in [0.5, 0.6) is 5.88 Å². The monoisotopic (exact) mass is 274 g/mol. The maximum atomic E-state index is 5.46. The van der Waals surface area contributed by atoms with Gasteiger partial charge in [0.1, 0.15) is 0 Å². The van der Waals surface area contributed by atoms with E-state index in [1.807, 2.05) is 14.1 Å². The van der Waals surface area contributed by atoms with E-state index in [4.69, 9.17) is 10.5 Å². The van der Waals surface area contributed by atoms with Gasteiger partial charge in [-0.1, -0.05) is 0 Å². The van der Waals surface area contributed by atoms with Gasteiger partial charge in [-0.05, 0) is 36.4 Å². The average Bonchev–Trinajstić information content (AvgIpc) is 2.17. The van der Waals surface area contributed by atoms with Gasteiger partial charge in [0.05, 0.1) is 17.3 Å². The minimum Gasteiger partial charge on any atom is -0.477 e. The van der Waals surface area contributed by atoms with Crippen LogP contribution in [0.15, 0.2) is 10.7 Å². The van der Waals surface area contributed by atoms with E-state index in [-0.39, 0.29) is 5.95 Å². The molecule has 1 rings (SSSR count). The molecule has 0 unspecified atom stereocenters. The summed E-state index contributed by atoms with van der Waals surface area (Å²) < 4.78 is 6.19. The van der Waals surface area contributed by atoms with E-state index >= 15 is 0 Å². The molecule has 0 atom stereocenters. The molecule has 0 fully saturated rings. The van der Waals surface area contributed by atoms with Crippen molar-refractivity contribution in [2.75, 3.05) is 33.0 Å². The molecule has 15 heavy (non-hydrogen) atoms. The fourth-order valence-corrected chi connectivity index (χ4v) is 1.32. The molecule has 5 nitrogen and oxygen atoms in total. The van der Waals surface area contributed by atoms with Crippen molar-refractivity contribution in [1.82, 2.24) is 14.9 Å². The van der Waals surface area contributed by atoms with Crippen molar-refractivity contribution in [3.63, 3.8) is 0 Å². The number of nitrogens with zero attached hydrogens (tertiary/aromatic N) is 3. The van der Waals surface area contributed by atoms with E-state index in [9.17, 15) is 0 Å². The summed E-state index contributed by atoms with van der Waals surface area (Å²) in [6.07, 6.45) is 2.53. The number of anilines is 1. The Kier molecular flexibility index (Phi) is 4.77. The number of hydrogen-bond donors (Lipinski definition) is 1. The largest absolute Gasteiger partial charge is 0.477 e. The molecule has 0 amide bonds. The Labute approximate surface area is 97.8 Å². The van der Waals surface area contributed by atoms with Crippen molar-refractivity contribution in [2.45, 2.75) is 6.42 Å². The minimum atomic E-state index is 0.223. The SMILES string of the molecule is CN(C)CCCOc1nc(N)ncc1Br. The minimum absolute atomic E-state index is 0.223. The molecule has 0 saturated heterocycles. The maximum absolute atomic E-state index is 5.46. The maximum Gasteiger partial charge on any atom is 0.232 e. The Hall–Kier alpha value is -0.880. The Morgan fingerprint density at radius 3 is 2.93 bits per heavy atom. The molecule has 0 spiro atoms. The number of ether oxygens (including phenoxy) is 1. The van der Waals surface area contributed by atoms with Crippen LogP contribution in [0.2, 0.25) is 0 Å². The predicted molar refractivity (Wildman–Crippen MR) is 62.8 cm³/mol. The lowest BCUT2D eigenvalue weighted by Crippen LogP contribution is -2.16. The summed E-state index contributed by atoms with van der Waals surface area (Å²) in [6.45, 7) is 1.60.